The van der Waals surface area contributed by atoms with Crippen LogP contribution in [0.15, 0.2) is 42.6 Å². The predicted octanol–water partition coefficient (Wildman–Crippen LogP) is 4.67. The third-order valence-electron chi connectivity index (χ3n) is 4.87. The molecule has 5 heteroatoms. The maximum atomic E-state index is 13.4. The van der Waals surface area contributed by atoms with E-state index >= 15 is 0 Å². The number of pyridine rings is 1. The van der Waals surface area contributed by atoms with Crippen LogP contribution in [0, 0.1) is 12.8 Å². The number of nitrogens with zero attached hydrogens (tertiary/aromatic N) is 2. The summed E-state index contributed by atoms with van der Waals surface area (Å²) in [5.41, 5.74) is 5.03. The minimum atomic E-state index is -1.00. The van der Waals surface area contributed by atoms with Gasteiger partial charge >= 0.3 is 0 Å². The van der Waals surface area contributed by atoms with Gasteiger partial charge in [0.15, 0.2) is 5.78 Å². The molecule has 1 aliphatic rings. The zero-order valence-corrected chi connectivity index (χ0v) is 15.0. The Labute approximate surface area is 152 Å². The van der Waals surface area contributed by atoms with E-state index in [4.69, 9.17) is 0 Å². The average Bonchev–Trinajstić information content (AvgIpc) is 3.29. The van der Waals surface area contributed by atoms with Crippen LogP contribution in [0.3, 0.4) is 0 Å². The monoisotopic (exact) mass is 351 g/mol. The minimum Gasteiger partial charge on any atom is -0.385 e. The topological polar surface area (TPSA) is 46.4 Å². The lowest BCUT2D eigenvalue weighted by Crippen LogP contribution is -2.09. The third-order valence-corrected chi connectivity index (χ3v) is 4.87. The molecule has 1 fully saturated rings. The molecule has 2 aromatic heterocycles. The van der Waals surface area contributed by atoms with Crippen LogP contribution >= 0.6 is 0 Å². The summed E-state index contributed by atoms with van der Waals surface area (Å²) in [5.74, 6) is -0.639. The van der Waals surface area contributed by atoms with Crippen LogP contribution in [0.5, 0.6) is 0 Å². The Morgan fingerprint density at radius 1 is 1.23 bits per heavy atom. The van der Waals surface area contributed by atoms with E-state index in [0.717, 1.165) is 29.8 Å². The van der Waals surface area contributed by atoms with E-state index in [-0.39, 0.29) is 5.78 Å². The molecule has 0 saturated heterocycles. The molecule has 0 bridgehead atoms. The Kier molecular flexibility index (Phi) is 4.23. The number of carbonyl (C=O) groups excluding carboxylic acids is 1. The fourth-order valence-electron chi connectivity index (χ4n) is 3.29. The van der Waals surface area contributed by atoms with Gasteiger partial charge in [0.05, 0.1) is 11.6 Å². The normalized spacial score (nSPS) is 18.9. The number of carbonyl (C=O) groups is 1. The lowest BCUT2D eigenvalue weighted by molar-refractivity contribution is 0.0951. The molecule has 0 spiro atoms. The number of benzene rings is 1. The first-order chi connectivity index (χ1) is 12.6. The third kappa shape index (κ3) is 2.98. The van der Waals surface area contributed by atoms with Gasteiger partial charge in [0.1, 0.15) is 17.5 Å². The van der Waals surface area contributed by atoms with Gasteiger partial charge in [-0.2, -0.15) is 0 Å². The number of aryl methyl sites for hydroxylation is 1. The summed E-state index contributed by atoms with van der Waals surface area (Å²) in [4.78, 5) is 17.1. The van der Waals surface area contributed by atoms with Crippen molar-refractivity contribution in [1.29, 1.82) is 0 Å². The van der Waals surface area contributed by atoms with Crippen molar-refractivity contribution in [3.8, 4) is 11.1 Å². The van der Waals surface area contributed by atoms with Crippen LogP contribution in [-0.4, -0.2) is 27.9 Å². The van der Waals surface area contributed by atoms with E-state index in [0.29, 0.717) is 23.5 Å². The Balaban J connectivity index is 1.69. The number of rotatable bonds is 6. The number of hydrogen-bond acceptors (Lipinski definition) is 3. The molecule has 1 aromatic carbocycles. The number of Topliss-reactive ketones (excluding diaryl/α,β-unsaturated/α-hetero) is 1. The highest BCUT2D eigenvalue weighted by molar-refractivity contribution is 6.00. The molecule has 26 heavy (non-hydrogen) atoms. The van der Waals surface area contributed by atoms with Crippen molar-refractivity contribution in [3.05, 3.63) is 54.0 Å². The van der Waals surface area contributed by atoms with Gasteiger partial charge in [-0.25, -0.2) is 9.37 Å². The largest absolute Gasteiger partial charge is 0.385 e. The molecule has 0 aliphatic heterocycles. The van der Waals surface area contributed by atoms with Gasteiger partial charge in [0.25, 0.3) is 0 Å². The van der Waals surface area contributed by atoms with Crippen LogP contribution in [0.2, 0.25) is 0 Å². The average molecular weight is 351 g/mol. The van der Waals surface area contributed by atoms with Crippen molar-refractivity contribution in [3.63, 3.8) is 0 Å². The first-order valence-corrected chi connectivity index (χ1v) is 9.09. The van der Waals surface area contributed by atoms with Crippen LogP contribution < -0.4 is 5.32 Å². The molecule has 134 valence electrons. The highest BCUT2D eigenvalue weighted by atomic mass is 19.1. The zero-order chi connectivity index (χ0) is 18.3. The van der Waals surface area contributed by atoms with Crippen molar-refractivity contribution < 1.29 is 9.18 Å². The van der Waals surface area contributed by atoms with Crippen molar-refractivity contribution in [2.75, 3.05) is 11.9 Å². The van der Waals surface area contributed by atoms with Gasteiger partial charge in [-0.05, 0) is 55.2 Å². The van der Waals surface area contributed by atoms with Crippen LogP contribution in [-0.2, 0) is 0 Å². The molecule has 0 amide bonds. The molecule has 4 rings (SSSR count). The van der Waals surface area contributed by atoms with Crippen LogP contribution in [0.1, 0.15) is 35.9 Å². The highest BCUT2D eigenvalue weighted by Gasteiger charge is 2.45. The minimum absolute atomic E-state index is 0.140. The number of halogens is 1. The van der Waals surface area contributed by atoms with Gasteiger partial charge in [0.2, 0.25) is 0 Å². The number of hydrogen-bond donors (Lipinski definition) is 1. The summed E-state index contributed by atoms with van der Waals surface area (Å²) in [6, 6.07) is 12.1. The Morgan fingerprint density at radius 2 is 1.92 bits per heavy atom. The summed E-state index contributed by atoms with van der Waals surface area (Å²) in [5, 5.41) is 3.36. The molecule has 1 N–H and O–H groups in total. The van der Waals surface area contributed by atoms with Gasteiger partial charge in [-0.3, -0.25) is 9.20 Å². The fraction of sp³-hybridized carbons (Fsp3) is 0.333. The van der Waals surface area contributed by atoms with E-state index in [2.05, 4.69) is 41.5 Å². The molecule has 3 aromatic rings. The number of nitrogens with one attached hydrogen (secondary N) is 1. The molecular formula is C21H22FN3O. The van der Waals surface area contributed by atoms with E-state index < -0.39 is 12.1 Å². The first-order valence-electron chi connectivity index (χ1n) is 9.09. The van der Waals surface area contributed by atoms with Gasteiger partial charge < -0.3 is 5.32 Å². The molecular weight excluding hydrogens is 329 g/mol. The second kappa shape index (κ2) is 6.56. The number of aromatic nitrogens is 2. The SMILES string of the molecule is CCCNc1ccc(-c2ccc3nc(C)c(C(=O)[C@@H]4C[C@@H]4F)n3c2)cc1. The lowest BCUT2D eigenvalue weighted by Gasteiger charge is -2.08. The fourth-order valence-corrected chi connectivity index (χ4v) is 3.29. The molecule has 2 heterocycles. The molecule has 1 aliphatic carbocycles. The summed E-state index contributed by atoms with van der Waals surface area (Å²) in [7, 11) is 0. The zero-order valence-electron chi connectivity index (χ0n) is 15.0. The van der Waals surface area contributed by atoms with Gasteiger partial charge in [0, 0.05) is 18.4 Å². The highest BCUT2D eigenvalue weighted by Crippen LogP contribution is 2.37. The summed E-state index contributed by atoms with van der Waals surface area (Å²) in [6.45, 7) is 4.89. The molecule has 1 saturated carbocycles. The van der Waals surface area contributed by atoms with Crippen LogP contribution in [0.4, 0.5) is 10.1 Å². The first kappa shape index (κ1) is 16.8. The maximum absolute atomic E-state index is 13.4. The van der Waals surface area contributed by atoms with Crippen molar-refractivity contribution in [1.82, 2.24) is 9.38 Å². The van der Waals surface area contributed by atoms with E-state index in [1.54, 1.807) is 4.40 Å². The van der Waals surface area contributed by atoms with Crippen LogP contribution in [0.25, 0.3) is 16.8 Å². The molecule has 0 radical (unpaired) electrons. The number of imidazole rings is 1. The van der Waals surface area contributed by atoms with Gasteiger partial charge in [-0.15, -0.1) is 0 Å². The summed E-state index contributed by atoms with van der Waals surface area (Å²) < 4.78 is 15.2. The Hall–Kier alpha value is -2.69. The van der Waals surface area contributed by atoms with E-state index in [9.17, 15) is 9.18 Å². The Bertz CT molecular complexity index is 961. The second-order valence-corrected chi connectivity index (χ2v) is 6.92. The standard InChI is InChI=1S/C21H22FN3O/c1-3-10-23-16-7-4-14(5-8-16)15-6-9-19-24-13(2)20(25(19)12-15)21(26)17-11-18(17)22/h4-9,12,17-18,23H,3,10-11H2,1-2H3/t17-,18+/m1/s1. The van der Waals surface area contributed by atoms with E-state index in [1.807, 2.05) is 25.3 Å². The summed E-state index contributed by atoms with van der Waals surface area (Å²) in [6.07, 6.45) is 2.33. The number of alkyl halides is 1. The second-order valence-electron chi connectivity index (χ2n) is 6.92. The molecule has 4 nitrogen and oxygen atoms in total. The maximum Gasteiger partial charge on any atom is 0.187 e. The number of fused-ring (bicyclic) bond motifs is 1. The summed E-state index contributed by atoms with van der Waals surface area (Å²) >= 11 is 0. The lowest BCUT2D eigenvalue weighted by atomic mass is 10.1. The number of anilines is 1. The Morgan fingerprint density at radius 3 is 2.58 bits per heavy atom. The smallest absolute Gasteiger partial charge is 0.187 e. The van der Waals surface area contributed by atoms with Gasteiger partial charge in [-0.1, -0.05) is 19.1 Å². The van der Waals surface area contributed by atoms with E-state index in [1.165, 1.54) is 0 Å². The number of ketones is 1. The van der Waals surface area contributed by atoms with Crippen molar-refractivity contribution in [2.45, 2.75) is 32.9 Å². The quantitative estimate of drug-likeness (QED) is 0.656. The predicted molar refractivity (Wildman–Crippen MR) is 101 cm³/mol. The molecule has 0 unspecified atom stereocenters. The van der Waals surface area contributed by atoms with Crippen molar-refractivity contribution >= 4 is 17.1 Å². The van der Waals surface area contributed by atoms with Crippen molar-refractivity contribution in [2.24, 2.45) is 5.92 Å². The molecule has 2 atom stereocenters.